The normalized spacial score (nSPS) is 16.3. The van der Waals surface area contributed by atoms with Crippen LogP contribution in [0.3, 0.4) is 0 Å². The van der Waals surface area contributed by atoms with Gasteiger partial charge in [0.15, 0.2) is 5.58 Å². The van der Waals surface area contributed by atoms with Crippen molar-refractivity contribution in [2.24, 2.45) is 0 Å². The zero-order valence-electron chi connectivity index (χ0n) is 11.9. The second-order valence-corrected chi connectivity index (χ2v) is 5.59. The molecule has 1 aromatic carbocycles. The summed E-state index contributed by atoms with van der Waals surface area (Å²) >= 11 is 0. The van der Waals surface area contributed by atoms with Gasteiger partial charge in [0.1, 0.15) is 5.52 Å². The molecule has 1 heterocycles. The number of hydrogen-bond donors (Lipinski definition) is 2. The molecule has 3 rings (SSSR count). The van der Waals surface area contributed by atoms with E-state index in [4.69, 9.17) is 10.2 Å². The minimum atomic E-state index is 0.574. The minimum Gasteiger partial charge on any atom is -0.423 e. The van der Waals surface area contributed by atoms with E-state index in [1.807, 2.05) is 12.1 Å². The van der Waals surface area contributed by atoms with E-state index in [2.05, 4.69) is 22.2 Å². The van der Waals surface area contributed by atoms with Crippen LogP contribution in [0.25, 0.3) is 11.1 Å². The number of benzene rings is 1. The van der Waals surface area contributed by atoms with Gasteiger partial charge in [0.2, 0.25) is 0 Å². The SMILES string of the molecule is CN(CCNc1nc2ccc(N)cc2o1)C1CCCC1. The molecule has 0 atom stereocenters. The summed E-state index contributed by atoms with van der Waals surface area (Å²) in [5, 5.41) is 3.25. The van der Waals surface area contributed by atoms with Crippen LogP contribution in [0.15, 0.2) is 22.6 Å². The average molecular weight is 274 g/mol. The van der Waals surface area contributed by atoms with Gasteiger partial charge in [-0.25, -0.2) is 0 Å². The van der Waals surface area contributed by atoms with Crippen molar-refractivity contribution in [2.75, 3.05) is 31.2 Å². The highest BCUT2D eigenvalue weighted by Crippen LogP contribution is 2.23. The number of oxazole rings is 1. The molecule has 1 fully saturated rings. The van der Waals surface area contributed by atoms with Gasteiger partial charge >= 0.3 is 0 Å². The minimum absolute atomic E-state index is 0.574. The summed E-state index contributed by atoms with van der Waals surface area (Å²) in [7, 11) is 2.20. The summed E-state index contributed by atoms with van der Waals surface area (Å²) in [6.45, 7) is 1.85. The number of aromatic nitrogens is 1. The van der Waals surface area contributed by atoms with Gasteiger partial charge in [-0.3, -0.25) is 0 Å². The topological polar surface area (TPSA) is 67.3 Å². The third kappa shape index (κ3) is 2.88. The van der Waals surface area contributed by atoms with Crippen LogP contribution in [0.5, 0.6) is 0 Å². The van der Waals surface area contributed by atoms with E-state index in [0.29, 0.717) is 11.7 Å². The molecule has 3 N–H and O–H groups in total. The molecule has 0 unspecified atom stereocenters. The first-order chi connectivity index (χ1) is 9.72. The molecule has 1 aromatic heterocycles. The lowest BCUT2D eigenvalue weighted by molar-refractivity contribution is 0.254. The van der Waals surface area contributed by atoms with Gasteiger partial charge in [-0.05, 0) is 32.0 Å². The number of nitrogens with two attached hydrogens (primary N) is 1. The fraction of sp³-hybridized carbons (Fsp3) is 0.533. The van der Waals surface area contributed by atoms with Crippen LogP contribution in [0.1, 0.15) is 25.7 Å². The van der Waals surface area contributed by atoms with Crippen molar-refractivity contribution >= 4 is 22.8 Å². The Hall–Kier alpha value is -1.75. The fourth-order valence-electron chi connectivity index (χ4n) is 2.88. The zero-order chi connectivity index (χ0) is 13.9. The van der Waals surface area contributed by atoms with Crippen LogP contribution < -0.4 is 11.1 Å². The lowest BCUT2D eigenvalue weighted by Gasteiger charge is -2.23. The summed E-state index contributed by atoms with van der Waals surface area (Å²) in [4.78, 5) is 6.83. The molecule has 0 aliphatic heterocycles. The maximum atomic E-state index is 5.73. The van der Waals surface area contributed by atoms with Crippen LogP contribution in [0.4, 0.5) is 11.7 Å². The van der Waals surface area contributed by atoms with Crippen molar-refractivity contribution in [1.82, 2.24) is 9.88 Å². The van der Waals surface area contributed by atoms with Gasteiger partial charge in [0.05, 0.1) is 0 Å². The summed E-state index contributed by atoms with van der Waals surface area (Å²) in [6, 6.07) is 6.84. The Balaban J connectivity index is 1.54. The van der Waals surface area contributed by atoms with Gasteiger partial charge in [0.25, 0.3) is 6.01 Å². The third-order valence-corrected chi connectivity index (χ3v) is 4.10. The molecule has 1 aliphatic carbocycles. The molecule has 1 saturated carbocycles. The molecule has 0 spiro atoms. The van der Waals surface area contributed by atoms with Crippen molar-refractivity contribution in [1.29, 1.82) is 0 Å². The molecular weight excluding hydrogens is 252 g/mol. The van der Waals surface area contributed by atoms with E-state index in [0.717, 1.165) is 30.2 Å². The first-order valence-electron chi connectivity index (χ1n) is 7.32. The third-order valence-electron chi connectivity index (χ3n) is 4.10. The van der Waals surface area contributed by atoms with Crippen molar-refractivity contribution in [3.8, 4) is 0 Å². The summed E-state index contributed by atoms with van der Waals surface area (Å²) in [5.41, 5.74) is 8.00. The van der Waals surface area contributed by atoms with Crippen LogP contribution in [0.2, 0.25) is 0 Å². The first kappa shape index (κ1) is 13.2. The quantitative estimate of drug-likeness (QED) is 0.821. The largest absolute Gasteiger partial charge is 0.423 e. The van der Waals surface area contributed by atoms with E-state index < -0.39 is 0 Å². The molecule has 2 aromatic rings. The highest BCUT2D eigenvalue weighted by Gasteiger charge is 2.18. The number of anilines is 2. The molecule has 20 heavy (non-hydrogen) atoms. The number of hydrogen-bond acceptors (Lipinski definition) is 5. The molecule has 108 valence electrons. The Morgan fingerprint density at radius 3 is 3.00 bits per heavy atom. The highest BCUT2D eigenvalue weighted by atomic mass is 16.4. The maximum absolute atomic E-state index is 5.73. The number of rotatable bonds is 5. The molecule has 1 aliphatic rings. The van der Waals surface area contributed by atoms with E-state index in [-0.39, 0.29) is 0 Å². The Labute approximate surface area is 119 Å². The summed E-state index contributed by atoms with van der Waals surface area (Å²) < 4.78 is 5.64. The van der Waals surface area contributed by atoms with Crippen molar-refractivity contribution in [3.05, 3.63) is 18.2 Å². The van der Waals surface area contributed by atoms with E-state index in [9.17, 15) is 0 Å². The van der Waals surface area contributed by atoms with Crippen molar-refractivity contribution in [3.63, 3.8) is 0 Å². The highest BCUT2D eigenvalue weighted by molar-refractivity contribution is 5.78. The van der Waals surface area contributed by atoms with Crippen molar-refractivity contribution < 1.29 is 4.42 Å². The molecule has 0 saturated heterocycles. The molecule has 5 heteroatoms. The Morgan fingerprint density at radius 2 is 2.20 bits per heavy atom. The average Bonchev–Trinajstić information content (AvgIpc) is 3.06. The number of nitrogens with one attached hydrogen (secondary N) is 1. The van der Waals surface area contributed by atoms with Crippen LogP contribution in [0, 0.1) is 0 Å². The molecular formula is C15H22N4O. The second kappa shape index (κ2) is 5.71. The smallest absolute Gasteiger partial charge is 0.295 e. The Kier molecular flexibility index (Phi) is 3.78. The summed E-state index contributed by atoms with van der Waals surface area (Å²) in [6.07, 6.45) is 5.40. The molecule has 0 radical (unpaired) electrons. The van der Waals surface area contributed by atoms with Crippen LogP contribution in [-0.2, 0) is 0 Å². The monoisotopic (exact) mass is 274 g/mol. The van der Waals surface area contributed by atoms with Gasteiger partial charge in [-0.15, -0.1) is 0 Å². The molecule has 0 amide bonds. The maximum Gasteiger partial charge on any atom is 0.295 e. The van der Waals surface area contributed by atoms with Crippen LogP contribution >= 0.6 is 0 Å². The van der Waals surface area contributed by atoms with Crippen LogP contribution in [-0.4, -0.2) is 36.1 Å². The Bertz CT molecular complexity index is 574. The number of fused-ring (bicyclic) bond motifs is 1. The lowest BCUT2D eigenvalue weighted by atomic mass is 10.2. The van der Waals surface area contributed by atoms with Gasteiger partial charge in [-0.1, -0.05) is 12.8 Å². The number of nitrogens with zero attached hydrogens (tertiary/aromatic N) is 2. The van der Waals surface area contributed by atoms with Gasteiger partial charge in [-0.2, -0.15) is 4.98 Å². The summed E-state index contributed by atoms with van der Waals surface area (Å²) in [5.74, 6) is 0. The van der Waals surface area contributed by atoms with E-state index in [1.54, 1.807) is 6.07 Å². The van der Waals surface area contributed by atoms with E-state index >= 15 is 0 Å². The first-order valence-corrected chi connectivity index (χ1v) is 7.32. The fourth-order valence-corrected chi connectivity index (χ4v) is 2.88. The predicted octanol–water partition coefficient (Wildman–Crippen LogP) is 2.70. The Morgan fingerprint density at radius 1 is 1.40 bits per heavy atom. The van der Waals surface area contributed by atoms with Gasteiger partial charge in [0, 0.05) is 30.9 Å². The lowest BCUT2D eigenvalue weighted by Crippen LogP contribution is -2.33. The van der Waals surface area contributed by atoms with E-state index in [1.165, 1.54) is 25.7 Å². The zero-order valence-corrected chi connectivity index (χ0v) is 11.9. The second-order valence-electron chi connectivity index (χ2n) is 5.59. The standard InChI is InChI=1S/C15H22N4O/c1-19(12-4-2-3-5-12)9-8-17-15-18-13-7-6-11(16)10-14(13)20-15/h6-7,10,12H,2-5,8-9,16H2,1H3,(H,17,18). The van der Waals surface area contributed by atoms with Crippen molar-refractivity contribution in [2.45, 2.75) is 31.7 Å². The predicted molar refractivity (Wildman–Crippen MR) is 81.8 cm³/mol. The number of likely N-dealkylation sites (N-methyl/N-ethyl adjacent to an activating group) is 1. The van der Waals surface area contributed by atoms with Gasteiger partial charge < -0.3 is 20.4 Å². The molecule has 0 bridgehead atoms. The molecule has 5 nitrogen and oxygen atoms in total. The number of nitrogen functional groups attached to an aromatic ring is 1.